The average Bonchev–Trinajstić information content (AvgIpc) is 3.34. The van der Waals surface area contributed by atoms with Gasteiger partial charge in [-0.25, -0.2) is 4.98 Å². The number of piperidine rings is 1. The Morgan fingerprint density at radius 2 is 2.00 bits per heavy atom. The number of rotatable bonds is 9. The Morgan fingerprint density at radius 3 is 2.74 bits per heavy atom. The molecule has 1 aromatic heterocycles. The van der Waals surface area contributed by atoms with Crippen LogP contribution >= 0.6 is 0 Å². The third-order valence-corrected chi connectivity index (χ3v) is 6.43. The maximum atomic E-state index is 12.2. The van der Waals surface area contributed by atoms with E-state index in [0.717, 1.165) is 45.7 Å². The van der Waals surface area contributed by atoms with Crippen LogP contribution < -0.4 is 5.32 Å². The number of nitrogens with zero attached hydrogens (tertiary/aromatic N) is 4. The quantitative estimate of drug-likeness (QED) is 0.720. The zero-order valence-electron chi connectivity index (χ0n) is 17.2. The fourth-order valence-corrected chi connectivity index (χ4v) is 4.61. The number of aryl methyl sites for hydroxylation is 1. The van der Waals surface area contributed by atoms with Gasteiger partial charge < -0.3 is 9.88 Å². The van der Waals surface area contributed by atoms with E-state index in [-0.39, 0.29) is 5.91 Å². The molecule has 1 atom stereocenters. The van der Waals surface area contributed by atoms with Crippen LogP contribution in [-0.2, 0) is 17.9 Å². The van der Waals surface area contributed by atoms with Gasteiger partial charge in [0, 0.05) is 37.9 Å². The Balaban J connectivity index is 1.30. The van der Waals surface area contributed by atoms with E-state index in [1.54, 1.807) is 0 Å². The molecular formula is C21H37N5O. The largest absolute Gasteiger partial charge is 0.355 e. The van der Waals surface area contributed by atoms with E-state index >= 15 is 0 Å². The van der Waals surface area contributed by atoms with E-state index in [2.05, 4.69) is 44.7 Å². The van der Waals surface area contributed by atoms with E-state index in [1.807, 2.05) is 6.20 Å². The molecule has 0 radical (unpaired) electrons. The molecule has 3 rings (SSSR count). The second-order valence-electron chi connectivity index (χ2n) is 8.12. The van der Waals surface area contributed by atoms with E-state index in [9.17, 15) is 4.79 Å². The molecule has 0 bridgehead atoms. The third kappa shape index (κ3) is 5.79. The summed E-state index contributed by atoms with van der Waals surface area (Å²) in [5.74, 6) is 2.10. The zero-order chi connectivity index (χ0) is 19.1. The van der Waals surface area contributed by atoms with E-state index in [1.165, 1.54) is 38.1 Å². The van der Waals surface area contributed by atoms with Crippen LogP contribution in [0.1, 0.15) is 58.2 Å². The topological polar surface area (TPSA) is 53.4 Å². The van der Waals surface area contributed by atoms with Crippen molar-refractivity contribution in [2.24, 2.45) is 5.92 Å². The lowest BCUT2D eigenvalue weighted by Gasteiger charge is -2.31. The Kier molecular flexibility index (Phi) is 7.70. The van der Waals surface area contributed by atoms with E-state index in [0.29, 0.717) is 18.4 Å². The minimum atomic E-state index is 0.241. The highest BCUT2D eigenvalue weighted by Crippen LogP contribution is 2.23. The van der Waals surface area contributed by atoms with Crippen molar-refractivity contribution in [1.29, 1.82) is 0 Å². The number of nitrogens with one attached hydrogen (secondary N) is 1. The summed E-state index contributed by atoms with van der Waals surface area (Å²) in [5, 5.41) is 3.18. The smallest absolute Gasteiger partial charge is 0.220 e. The predicted octanol–water partition coefficient (Wildman–Crippen LogP) is 2.50. The van der Waals surface area contributed by atoms with E-state index in [4.69, 9.17) is 0 Å². The van der Waals surface area contributed by atoms with Crippen LogP contribution in [0.5, 0.6) is 0 Å². The maximum absolute atomic E-state index is 12.2. The highest BCUT2D eigenvalue weighted by atomic mass is 16.1. The van der Waals surface area contributed by atoms with Gasteiger partial charge in [-0.3, -0.25) is 14.6 Å². The van der Waals surface area contributed by atoms with Crippen LogP contribution in [0.15, 0.2) is 12.4 Å². The van der Waals surface area contributed by atoms with Gasteiger partial charge in [0.1, 0.15) is 5.82 Å². The van der Waals surface area contributed by atoms with E-state index < -0.39 is 0 Å². The Bertz CT molecular complexity index is 579. The SMILES string of the molecule is CCN1CCC[C@@H]1CNC(=O)CCC1CCN(Cc2nccn2CC)CC1. The summed E-state index contributed by atoms with van der Waals surface area (Å²) >= 11 is 0. The third-order valence-electron chi connectivity index (χ3n) is 6.43. The van der Waals surface area contributed by atoms with Gasteiger partial charge in [-0.1, -0.05) is 6.92 Å². The minimum Gasteiger partial charge on any atom is -0.355 e. The van der Waals surface area contributed by atoms with Gasteiger partial charge in [-0.15, -0.1) is 0 Å². The number of likely N-dealkylation sites (N-methyl/N-ethyl adjacent to an activating group) is 1. The fourth-order valence-electron chi connectivity index (χ4n) is 4.61. The molecule has 6 nitrogen and oxygen atoms in total. The minimum absolute atomic E-state index is 0.241. The van der Waals surface area contributed by atoms with Crippen LogP contribution in [0.2, 0.25) is 0 Å². The first-order chi connectivity index (χ1) is 13.2. The number of imidazole rings is 1. The highest BCUT2D eigenvalue weighted by molar-refractivity contribution is 5.75. The van der Waals surface area contributed by atoms with Crippen molar-refractivity contribution < 1.29 is 4.79 Å². The van der Waals surface area contributed by atoms with Crippen molar-refractivity contribution in [3.05, 3.63) is 18.2 Å². The fraction of sp³-hybridized carbons (Fsp3) is 0.810. The number of carbonyl (C=O) groups excluding carboxylic acids is 1. The van der Waals surface area contributed by atoms with Gasteiger partial charge in [-0.05, 0) is 71.1 Å². The maximum Gasteiger partial charge on any atom is 0.220 e. The first kappa shape index (κ1) is 20.3. The molecule has 152 valence electrons. The molecule has 2 saturated heterocycles. The normalized spacial score (nSPS) is 22.4. The summed E-state index contributed by atoms with van der Waals surface area (Å²) in [7, 11) is 0. The lowest BCUT2D eigenvalue weighted by Crippen LogP contribution is -2.40. The van der Waals surface area contributed by atoms with Crippen LogP contribution in [0.3, 0.4) is 0 Å². The van der Waals surface area contributed by atoms with Gasteiger partial charge in [0.2, 0.25) is 5.91 Å². The van der Waals surface area contributed by atoms with Crippen molar-refractivity contribution in [3.8, 4) is 0 Å². The Morgan fingerprint density at radius 1 is 1.19 bits per heavy atom. The molecule has 0 aliphatic carbocycles. The molecule has 2 aliphatic heterocycles. The summed E-state index contributed by atoms with van der Waals surface area (Å²) in [6.45, 7) is 11.7. The first-order valence-electron chi connectivity index (χ1n) is 10.9. The number of hydrogen-bond acceptors (Lipinski definition) is 4. The van der Waals surface area contributed by atoms with Gasteiger partial charge in [0.05, 0.1) is 6.54 Å². The van der Waals surface area contributed by atoms with Gasteiger partial charge in [0.15, 0.2) is 0 Å². The molecule has 6 heteroatoms. The van der Waals surface area contributed by atoms with Crippen molar-refractivity contribution >= 4 is 5.91 Å². The number of carbonyl (C=O) groups is 1. The summed E-state index contributed by atoms with van der Waals surface area (Å²) in [5.41, 5.74) is 0. The average molecular weight is 376 g/mol. The van der Waals surface area contributed by atoms with Crippen LogP contribution in [0.4, 0.5) is 0 Å². The number of amides is 1. The second kappa shape index (κ2) is 10.2. The summed E-state index contributed by atoms with van der Waals surface area (Å²) in [6.07, 6.45) is 10.6. The van der Waals surface area contributed by atoms with Crippen LogP contribution in [-0.4, -0.2) is 64.0 Å². The summed E-state index contributed by atoms with van der Waals surface area (Å²) in [6, 6.07) is 0.554. The molecule has 1 N–H and O–H groups in total. The standard InChI is InChI=1S/C21H37N5O/c1-3-25-12-5-6-19(25)16-23-21(27)8-7-18-9-13-24(14-10-18)17-20-22-11-15-26(20)4-2/h11,15,18-19H,3-10,12-14,16-17H2,1-2H3,(H,23,27)/t19-/m1/s1. The molecule has 0 aromatic carbocycles. The molecule has 2 aliphatic rings. The number of likely N-dealkylation sites (tertiary alicyclic amines) is 2. The molecule has 3 heterocycles. The van der Waals surface area contributed by atoms with Crippen LogP contribution in [0, 0.1) is 5.92 Å². The van der Waals surface area contributed by atoms with Gasteiger partial charge in [0.25, 0.3) is 0 Å². The summed E-state index contributed by atoms with van der Waals surface area (Å²) in [4.78, 5) is 21.7. The van der Waals surface area contributed by atoms with Crippen molar-refractivity contribution in [3.63, 3.8) is 0 Å². The molecule has 1 amide bonds. The highest BCUT2D eigenvalue weighted by Gasteiger charge is 2.24. The Hall–Kier alpha value is -1.40. The predicted molar refractivity (Wildman–Crippen MR) is 108 cm³/mol. The lowest BCUT2D eigenvalue weighted by atomic mass is 9.92. The molecule has 0 unspecified atom stereocenters. The Labute approximate surface area is 164 Å². The lowest BCUT2D eigenvalue weighted by molar-refractivity contribution is -0.121. The number of hydrogen-bond donors (Lipinski definition) is 1. The monoisotopic (exact) mass is 375 g/mol. The molecular weight excluding hydrogens is 338 g/mol. The number of aromatic nitrogens is 2. The van der Waals surface area contributed by atoms with Crippen LogP contribution in [0.25, 0.3) is 0 Å². The van der Waals surface area contributed by atoms with Crippen molar-refractivity contribution in [2.45, 2.75) is 71.5 Å². The van der Waals surface area contributed by atoms with Crippen molar-refractivity contribution in [1.82, 2.24) is 24.7 Å². The van der Waals surface area contributed by atoms with Crippen molar-refractivity contribution in [2.75, 3.05) is 32.7 Å². The first-order valence-corrected chi connectivity index (χ1v) is 10.9. The molecule has 1 aromatic rings. The summed E-state index contributed by atoms with van der Waals surface area (Å²) < 4.78 is 2.22. The molecule has 0 spiro atoms. The zero-order valence-corrected chi connectivity index (χ0v) is 17.2. The molecule has 2 fully saturated rings. The van der Waals surface area contributed by atoms with Gasteiger partial charge >= 0.3 is 0 Å². The second-order valence-corrected chi connectivity index (χ2v) is 8.12. The molecule has 27 heavy (non-hydrogen) atoms. The molecule has 0 saturated carbocycles. The van der Waals surface area contributed by atoms with Gasteiger partial charge in [-0.2, -0.15) is 0 Å².